The monoisotopic (exact) mass is 325 g/mol. The Morgan fingerprint density at radius 3 is 2.70 bits per heavy atom. The van der Waals surface area contributed by atoms with Crippen molar-refractivity contribution in [2.75, 3.05) is 6.61 Å². The van der Waals surface area contributed by atoms with Gasteiger partial charge in [0.15, 0.2) is 0 Å². The van der Waals surface area contributed by atoms with Gasteiger partial charge in [0.25, 0.3) is 0 Å². The fourth-order valence-electron chi connectivity index (χ4n) is 2.45. The van der Waals surface area contributed by atoms with Crippen molar-refractivity contribution in [3.8, 4) is 0 Å². The number of hydrogen-bond donors (Lipinski definition) is 0. The Hall–Kier alpha value is -2.07. The van der Waals surface area contributed by atoms with E-state index < -0.39 is 0 Å². The minimum atomic E-state index is -0.260. The molecule has 118 valence electrons. The number of nitrogens with zero attached hydrogens (tertiary/aromatic N) is 1. The Morgan fingerprint density at radius 2 is 1.91 bits per heavy atom. The quantitative estimate of drug-likeness (QED) is 0.770. The average Bonchev–Trinajstić information content (AvgIpc) is 2.80. The van der Waals surface area contributed by atoms with E-state index in [2.05, 4.69) is 0 Å². The summed E-state index contributed by atoms with van der Waals surface area (Å²) < 4.78 is 5.37. The third-order valence-corrected chi connectivity index (χ3v) is 4.83. The molecule has 1 unspecified atom stereocenters. The van der Waals surface area contributed by atoms with Crippen molar-refractivity contribution >= 4 is 29.1 Å². The molecule has 23 heavy (non-hydrogen) atoms. The molecule has 0 fully saturated rings. The van der Waals surface area contributed by atoms with Gasteiger partial charge in [-0.3, -0.25) is 9.79 Å². The molecular weight excluding hydrogens is 306 g/mol. The summed E-state index contributed by atoms with van der Waals surface area (Å²) in [5.74, 6) is -0.155. The third-order valence-electron chi connectivity index (χ3n) is 3.59. The highest BCUT2D eigenvalue weighted by molar-refractivity contribution is 8.00. The molecule has 3 rings (SSSR count). The summed E-state index contributed by atoms with van der Waals surface area (Å²) in [5, 5.41) is -0.260. The topological polar surface area (TPSA) is 38.7 Å². The van der Waals surface area contributed by atoms with Crippen LogP contribution in [0, 0.1) is 0 Å². The maximum atomic E-state index is 12.4. The summed E-state index contributed by atoms with van der Waals surface area (Å²) in [4.78, 5) is 18.2. The van der Waals surface area contributed by atoms with Gasteiger partial charge in [0.05, 0.1) is 18.0 Å². The molecule has 2 aromatic carbocycles. The maximum Gasteiger partial charge on any atom is 0.319 e. The second-order valence-corrected chi connectivity index (χ2v) is 6.61. The Kier molecular flexibility index (Phi) is 5.13. The molecule has 0 spiro atoms. The van der Waals surface area contributed by atoms with E-state index in [0.717, 1.165) is 28.3 Å². The van der Waals surface area contributed by atoms with Gasteiger partial charge in [-0.1, -0.05) is 49.4 Å². The predicted octanol–water partition coefficient (Wildman–Crippen LogP) is 4.63. The molecular formula is C19H19NO2S. The fourth-order valence-corrected chi connectivity index (χ4v) is 3.55. The van der Waals surface area contributed by atoms with Gasteiger partial charge >= 0.3 is 5.97 Å². The van der Waals surface area contributed by atoms with Crippen molar-refractivity contribution in [3.05, 3.63) is 60.2 Å². The van der Waals surface area contributed by atoms with Crippen LogP contribution in [-0.4, -0.2) is 23.5 Å². The zero-order valence-electron chi connectivity index (χ0n) is 13.1. The maximum absolute atomic E-state index is 12.4. The summed E-state index contributed by atoms with van der Waals surface area (Å²) in [5.41, 5.74) is 2.90. The number of para-hydroxylation sites is 1. The normalized spacial score (nSPS) is 16.9. The third kappa shape index (κ3) is 3.82. The van der Waals surface area contributed by atoms with Gasteiger partial charge < -0.3 is 4.74 Å². The second kappa shape index (κ2) is 7.47. The van der Waals surface area contributed by atoms with Gasteiger partial charge in [0.2, 0.25) is 0 Å². The van der Waals surface area contributed by atoms with E-state index in [9.17, 15) is 4.79 Å². The van der Waals surface area contributed by atoms with Crippen LogP contribution in [0.5, 0.6) is 0 Å². The fraction of sp³-hybridized carbons (Fsp3) is 0.263. The Labute approximate surface area is 140 Å². The highest BCUT2D eigenvalue weighted by Gasteiger charge is 2.27. The average molecular weight is 325 g/mol. The largest absolute Gasteiger partial charge is 0.465 e. The zero-order chi connectivity index (χ0) is 16.1. The molecule has 3 nitrogen and oxygen atoms in total. The first-order valence-corrected chi connectivity index (χ1v) is 8.71. The highest BCUT2D eigenvalue weighted by Crippen LogP contribution is 2.38. The lowest BCUT2D eigenvalue weighted by atomic mass is 10.1. The smallest absolute Gasteiger partial charge is 0.319 e. The van der Waals surface area contributed by atoms with E-state index in [4.69, 9.17) is 9.73 Å². The van der Waals surface area contributed by atoms with Crippen LogP contribution in [-0.2, 0) is 9.53 Å². The minimum Gasteiger partial charge on any atom is -0.465 e. The van der Waals surface area contributed by atoms with E-state index in [-0.39, 0.29) is 11.2 Å². The van der Waals surface area contributed by atoms with E-state index in [0.29, 0.717) is 13.0 Å². The molecule has 1 aliphatic rings. The number of ether oxygens (including phenoxy) is 1. The lowest BCUT2D eigenvalue weighted by molar-refractivity contribution is -0.142. The Bertz CT molecular complexity index is 712. The number of fused-ring (bicyclic) bond motifs is 1. The zero-order valence-corrected chi connectivity index (χ0v) is 13.9. The highest BCUT2D eigenvalue weighted by atomic mass is 32.2. The van der Waals surface area contributed by atoms with Gasteiger partial charge in [-0.05, 0) is 24.1 Å². The van der Waals surface area contributed by atoms with Crippen LogP contribution in [0.15, 0.2) is 64.5 Å². The molecule has 0 saturated heterocycles. The van der Waals surface area contributed by atoms with E-state index in [1.54, 1.807) is 11.8 Å². The van der Waals surface area contributed by atoms with Crippen LogP contribution in [0.2, 0.25) is 0 Å². The predicted molar refractivity (Wildman–Crippen MR) is 94.6 cm³/mol. The summed E-state index contributed by atoms with van der Waals surface area (Å²) >= 11 is 1.55. The van der Waals surface area contributed by atoms with Gasteiger partial charge in [0, 0.05) is 11.3 Å². The van der Waals surface area contributed by atoms with Gasteiger partial charge in [-0.15, -0.1) is 11.8 Å². The van der Waals surface area contributed by atoms with Crippen LogP contribution in [0.25, 0.3) is 0 Å². The summed E-state index contributed by atoms with van der Waals surface area (Å²) in [6.07, 6.45) is 1.41. The summed E-state index contributed by atoms with van der Waals surface area (Å²) in [6, 6.07) is 18.0. The Morgan fingerprint density at radius 1 is 1.17 bits per heavy atom. The van der Waals surface area contributed by atoms with E-state index >= 15 is 0 Å². The second-order valence-electron chi connectivity index (χ2n) is 5.37. The number of hydrogen-bond acceptors (Lipinski definition) is 4. The Balaban J connectivity index is 1.95. The first-order chi connectivity index (χ1) is 11.3. The molecule has 4 heteroatoms. The van der Waals surface area contributed by atoms with Crippen LogP contribution in [0.4, 0.5) is 5.69 Å². The number of carbonyl (C=O) groups excluding carboxylic acids is 1. The molecule has 0 bridgehead atoms. The van der Waals surface area contributed by atoms with Crippen molar-refractivity contribution in [1.82, 2.24) is 0 Å². The first kappa shape index (κ1) is 15.8. The van der Waals surface area contributed by atoms with Crippen LogP contribution >= 0.6 is 11.8 Å². The van der Waals surface area contributed by atoms with Gasteiger partial charge in [0.1, 0.15) is 5.25 Å². The molecule has 0 N–H and O–H groups in total. The number of rotatable bonds is 4. The van der Waals surface area contributed by atoms with Crippen molar-refractivity contribution in [2.45, 2.75) is 29.9 Å². The molecule has 0 aliphatic carbocycles. The molecule has 1 heterocycles. The van der Waals surface area contributed by atoms with Crippen molar-refractivity contribution in [3.63, 3.8) is 0 Å². The molecule has 0 aromatic heterocycles. The van der Waals surface area contributed by atoms with Crippen molar-refractivity contribution in [2.24, 2.45) is 4.99 Å². The number of aliphatic imine (C=N–C) groups is 1. The molecule has 2 aromatic rings. The number of thioether (sulfide) groups is 1. The van der Waals surface area contributed by atoms with Crippen LogP contribution < -0.4 is 0 Å². The molecule has 0 amide bonds. The first-order valence-electron chi connectivity index (χ1n) is 7.83. The van der Waals surface area contributed by atoms with Gasteiger partial charge in [-0.25, -0.2) is 0 Å². The summed E-state index contributed by atoms with van der Waals surface area (Å²) in [6.45, 7) is 2.47. The molecule has 1 aliphatic heterocycles. The minimum absolute atomic E-state index is 0.155. The number of esters is 1. The molecule has 1 atom stereocenters. The molecule has 0 saturated carbocycles. The lowest BCUT2D eigenvalue weighted by Crippen LogP contribution is -2.23. The van der Waals surface area contributed by atoms with Crippen molar-refractivity contribution in [1.29, 1.82) is 0 Å². The van der Waals surface area contributed by atoms with Crippen LogP contribution in [0.3, 0.4) is 0 Å². The number of benzene rings is 2. The van der Waals surface area contributed by atoms with Crippen molar-refractivity contribution < 1.29 is 9.53 Å². The van der Waals surface area contributed by atoms with Gasteiger partial charge in [-0.2, -0.15) is 0 Å². The van der Waals surface area contributed by atoms with E-state index in [1.807, 2.05) is 61.5 Å². The lowest BCUT2D eigenvalue weighted by Gasteiger charge is -2.14. The van der Waals surface area contributed by atoms with E-state index in [1.165, 1.54) is 0 Å². The van der Waals surface area contributed by atoms with Crippen LogP contribution in [0.1, 0.15) is 25.3 Å². The number of carbonyl (C=O) groups is 1. The standard InChI is InChI=1S/C19H19NO2S/c1-2-12-22-19(21)18-13-16(14-8-4-3-5-9-14)20-15-10-6-7-11-17(15)23-18/h3-11,18H,2,12-13H2,1H3. The summed E-state index contributed by atoms with van der Waals surface area (Å²) in [7, 11) is 0. The molecule has 0 radical (unpaired) electrons. The SMILES string of the molecule is CCCOC(=O)C1CC(c2ccccc2)=Nc2ccccc2S1.